The van der Waals surface area contributed by atoms with Crippen LogP contribution in [-0.2, 0) is 12.8 Å². The molecule has 2 N–H and O–H groups in total. The molecule has 0 radical (unpaired) electrons. The maximum Gasteiger partial charge on any atom is 0.151 e. The minimum absolute atomic E-state index is 0.725. The molecule has 0 aliphatic carbocycles. The number of fused-ring (bicyclic) bond motifs is 1. The van der Waals surface area contributed by atoms with Crippen LogP contribution in [0.5, 0.6) is 0 Å². The van der Waals surface area contributed by atoms with Crippen molar-refractivity contribution in [1.29, 1.82) is 0 Å². The van der Waals surface area contributed by atoms with Gasteiger partial charge in [-0.2, -0.15) is 5.10 Å². The Morgan fingerprint density at radius 3 is 2.62 bits per heavy atom. The number of aromatic nitrogens is 4. The molecule has 3 rings (SSSR count). The predicted octanol–water partition coefficient (Wildman–Crippen LogP) is 2.83. The number of pyridine rings is 1. The summed E-state index contributed by atoms with van der Waals surface area (Å²) in [4.78, 5) is 9.15. The highest BCUT2D eigenvalue weighted by Crippen LogP contribution is 2.25. The highest BCUT2D eigenvalue weighted by Gasteiger charge is 2.13. The number of rotatable bonds is 3. The first-order valence-electron chi connectivity index (χ1n) is 7.24. The van der Waals surface area contributed by atoms with Crippen LogP contribution in [0.15, 0.2) is 24.3 Å². The van der Waals surface area contributed by atoms with E-state index in [1.54, 1.807) is 0 Å². The van der Waals surface area contributed by atoms with Crippen LogP contribution in [-0.4, -0.2) is 19.7 Å². The Morgan fingerprint density at radius 2 is 1.90 bits per heavy atom. The number of benzene rings is 1. The molecule has 2 heterocycles. The quantitative estimate of drug-likeness (QED) is 0.749. The van der Waals surface area contributed by atoms with Gasteiger partial charge < -0.3 is 5.73 Å². The number of nitrogen functional groups attached to an aromatic ring is 1. The van der Waals surface area contributed by atoms with Crippen molar-refractivity contribution in [3.8, 4) is 5.69 Å². The molecule has 0 fully saturated rings. The zero-order valence-corrected chi connectivity index (χ0v) is 12.6. The Hall–Kier alpha value is -2.43. The van der Waals surface area contributed by atoms with Crippen LogP contribution in [0, 0.1) is 6.92 Å². The number of nitrogens with two attached hydrogens (primary N) is 1. The van der Waals surface area contributed by atoms with E-state index < -0.39 is 0 Å². The van der Waals surface area contributed by atoms with E-state index in [4.69, 9.17) is 5.73 Å². The normalized spacial score (nSPS) is 11.2. The number of aryl methyl sites for hydroxylation is 3. The molecule has 0 spiro atoms. The van der Waals surface area contributed by atoms with Gasteiger partial charge in [-0.05, 0) is 31.2 Å². The van der Waals surface area contributed by atoms with Crippen LogP contribution in [0.2, 0.25) is 0 Å². The molecule has 5 nitrogen and oxygen atoms in total. The maximum atomic E-state index is 5.94. The molecular formula is C16H19N5. The van der Waals surface area contributed by atoms with E-state index in [1.165, 1.54) is 0 Å². The highest BCUT2D eigenvalue weighted by molar-refractivity contribution is 5.89. The van der Waals surface area contributed by atoms with Crippen molar-refractivity contribution in [2.75, 3.05) is 5.73 Å². The van der Waals surface area contributed by atoms with Crippen molar-refractivity contribution in [3.63, 3.8) is 0 Å². The molecule has 0 saturated heterocycles. The van der Waals surface area contributed by atoms with E-state index in [0.29, 0.717) is 0 Å². The highest BCUT2D eigenvalue weighted by atomic mass is 15.4. The van der Waals surface area contributed by atoms with Crippen LogP contribution in [0.25, 0.3) is 16.6 Å². The summed E-state index contributed by atoms with van der Waals surface area (Å²) >= 11 is 0. The van der Waals surface area contributed by atoms with Crippen molar-refractivity contribution >= 4 is 16.6 Å². The monoisotopic (exact) mass is 281 g/mol. The van der Waals surface area contributed by atoms with E-state index >= 15 is 0 Å². The third-order valence-electron chi connectivity index (χ3n) is 3.52. The molecule has 0 bridgehead atoms. The van der Waals surface area contributed by atoms with E-state index in [9.17, 15) is 0 Å². The molecule has 5 heteroatoms. The van der Waals surface area contributed by atoms with E-state index in [2.05, 4.69) is 28.9 Å². The molecule has 0 unspecified atom stereocenters. The minimum Gasteiger partial charge on any atom is -0.399 e. The standard InChI is InChI=1S/C16H19N5/c1-4-15-19-16(5-2)21(20-15)14-8-10(3)18-13-7-6-11(17)9-12(13)14/h6-9H,4-5,17H2,1-3H3. The predicted molar refractivity (Wildman–Crippen MR) is 84.6 cm³/mol. The molecule has 108 valence electrons. The lowest BCUT2D eigenvalue weighted by Gasteiger charge is -2.10. The molecule has 0 aliphatic rings. The summed E-state index contributed by atoms with van der Waals surface area (Å²) in [5.41, 5.74) is 9.54. The maximum absolute atomic E-state index is 5.94. The van der Waals surface area contributed by atoms with Crippen LogP contribution in [0.1, 0.15) is 31.2 Å². The Morgan fingerprint density at radius 1 is 1.10 bits per heavy atom. The lowest BCUT2D eigenvalue weighted by molar-refractivity contribution is 0.794. The summed E-state index contributed by atoms with van der Waals surface area (Å²) in [6, 6.07) is 7.81. The van der Waals surface area contributed by atoms with Gasteiger partial charge in [-0.15, -0.1) is 0 Å². The van der Waals surface area contributed by atoms with Crippen LogP contribution >= 0.6 is 0 Å². The number of hydrogen-bond donors (Lipinski definition) is 1. The fourth-order valence-corrected chi connectivity index (χ4v) is 2.49. The first kappa shape index (κ1) is 13.5. The van der Waals surface area contributed by atoms with Crippen LogP contribution < -0.4 is 5.73 Å². The Bertz CT molecular complexity index is 804. The van der Waals surface area contributed by atoms with Gasteiger partial charge in [-0.25, -0.2) is 9.67 Å². The van der Waals surface area contributed by atoms with Crippen molar-refractivity contribution in [2.24, 2.45) is 0 Å². The lowest BCUT2D eigenvalue weighted by Crippen LogP contribution is -2.04. The molecule has 3 aromatic rings. The molecule has 0 atom stereocenters. The average Bonchev–Trinajstić information content (AvgIpc) is 2.90. The molecular weight excluding hydrogens is 262 g/mol. The van der Waals surface area contributed by atoms with Gasteiger partial charge in [0.15, 0.2) is 5.82 Å². The molecule has 2 aromatic heterocycles. The van der Waals surface area contributed by atoms with Crippen molar-refractivity contribution in [3.05, 3.63) is 41.6 Å². The van der Waals surface area contributed by atoms with E-state index in [0.717, 1.165) is 52.5 Å². The van der Waals surface area contributed by atoms with Gasteiger partial charge in [0.05, 0.1) is 11.2 Å². The Labute approximate surface area is 123 Å². The SMILES string of the molecule is CCc1nc(CC)n(-c2cc(C)nc3ccc(N)cc23)n1. The van der Waals surface area contributed by atoms with Crippen molar-refractivity contribution in [2.45, 2.75) is 33.6 Å². The van der Waals surface area contributed by atoms with Crippen LogP contribution in [0.4, 0.5) is 5.69 Å². The van der Waals surface area contributed by atoms with Gasteiger partial charge in [-0.1, -0.05) is 13.8 Å². The second-order valence-electron chi connectivity index (χ2n) is 5.12. The molecule has 1 aromatic carbocycles. The molecule has 0 saturated carbocycles. The first-order valence-corrected chi connectivity index (χ1v) is 7.24. The van der Waals surface area contributed by atoms with Crippen LogP contribution in [0.3, 0.4) is 0 Å². The summed E-state index contributed by atoms with van der Waals surface area (Å²) in [6.45, 7) is 6.14. The summed E-state index contributed by atoms with van der Waals surface area (Å²) in [7, 11) is 0. The largest absolute Gasteiger partial charge is 0.399 e. The van der Waals surface area contributed by atoms with E-state index in [1.807, 2.05) is 35.9 Å². The average molecular weight is 281 g/mol. The zero-order valence-electron chi connectivity index (χ0n) is 12.6. The molecule has 21 heavy (non-hydrogen) atoms. The lowest BCUT2D eigenvalue weighted by atomic mass is 10.1. The Kier molecular flexibility index (Phi) is 3.33. The summed E-state index contributed by atoms with van der Waals surface area (Å²) in [5, 5.41) is 5.63. The number of nitrogens with zero attached hydrogens (tertiary/aromatic N) is 4. The van der Waals surface area contributed by atoms with Crippen molar-refractivity contribution in [1.82, 2.24) is 19.7 Å². The van der Waals surface area contributed by atoms with Gasteiger partial charge in [0, 0.05) is 29.6 Å². The topological polar surface area (TPSA) is 69.6 Å². The first-order chi connectivity index (χ1) is 10.1. The molecule has 0 aliphatic heterocycles. The number of anilines is 1. The van der Waals surface area contributed by atoms with Crippen molar-refractivity contribution < 1.29 is 0 Å². The summed E-state index contributed by atoms with van der Waals surface area (Å²) < 4.78 is 1.93. The minimum atomic E-state index is 0.725. The third-order valence-corrected chi connectivity index (χ3v) is 3.52. The fourth-order valence-electron chi connectivity index (χ4n) is 2.49. The molecule has 0 amide bonds. The van der Waals surface area contributed by atoms with Gasteiger partial charge in [0.2, 0.25) is 0 Å². The summed E-state index contributed by atoms with van der Waals surface area (Å²) in [6.07, 6.45) is 1.66. The summed E-state index contributed by atoms with van der Waals surface area (Å²) in [5.74, 6) is 1.82. The van der Waals surface area contributed by atoms with Gasteiger partial charge in [0.1, 0.15) is 5.82 Å². The second-order valence-corrected chi connectivity index (χ2v) is 5.12. The smallest absolute Gasteiger partial charge is 0.151 e. The van der Waals surface area contributed by atoms with E-state index in [-0.39, 0.29) is 0 Å². The number of hydrogen-bond acceptors (Lipinski definition) is 4. The van der Waals surface area contributed by atoms with Gasteiger partial charge in [0.25, 0.3) is 0 Å². The van der Waals surface area contributed by atoms with Gasteiger partial charge in [-0.3, -0.25) is 4.98 Å². The second kappa shape index (κ2) is 5.16. The fraction of sp³-hybridized carbons (Fsp3) is 0.312. The third kappa shape index (κ3) is 2.35. The van der Waals surface area contributed by atoms with Gasteiger partial charge >= 0.3 is 0 Å². The zero-order chi connectivity index (χ0) is 15.0. The Balaban J connectivity index is 2.33.